The van der Waals surface area contributed by atoms with Crippen LogP contribution in [-0.2, 0) is 0 Å². The molecule has 0 unspecified atom stereocenters. The number of nitrogens with two attached hydrogens (primary N) is 1. The van der Waals surface area contributed by atoms with Gasteiger partial charge in [-0.25, -0.2) is 13.8 Å². The van der Waals surface area contributed by atoms with Crippen LogP contribution in [0.15, 0.2) is 6.07 Å². The van der Waals surface area contributed by atoms with Crippen molar-refractivity contribution in [1.82, 2.24) is 4.98 Å². The minimum atomic E-state index is -2.91. The van der Waals surface area contributed by atoms with Gasteiger partial charge in [0.05, 0.1) is 5.56 Å². The van der Waals surface area contributed by atoms with Crippen molar-refractivity contribution in [2.45, 2.75) is 6.43 Å². The van der Waals surface area contributed by atoms with Gasteiger partial charge < -0.3 is 5.73 Å². The molecule has 1 aromatic heterocycles. The molecule has 0 aromatic carbocycles. The normalized spacial score (nSPS) is 10.5. The Morgan fingerprint density at radius 1 is 1.54 bits per heavy atom. The van der Waals surface area contributed by atoms with Crippen molar-refractivity contribution in [3.8, 4) is 0 Å². The minimum Gasteiger partial charge on any atom is -0.398 e. The summed E-state index contributed by atoms with van der Waals surface area (Å²) in [5.74, 6) is -1.27. The second-order valence-corrected chi connectivity index (χ2v) is 2.26. The maximum absolute atomic E-state index is 12.7. The zero-order chi connectivity index (χ0) is 10.0. The maximum Gasteiger partial charge on any atom is 0.280 e. The van der Waals surface area contributed by atoms with Gasteiger partial charge in [0.2, 0.25) is 5.95 Å². The number of aldehydes is 1. The Morgan fingerprint density at radius 3 is 2.54 bits per heavy atom. The standard InChI is InChI=1S/C7H5F3N2O/c8-6(9)5-1-4(11)3(2-13)7(10)12-5/h1-2,6H,(H2,11,12). The number of halogens is 3. The van der Waals surface area contributed by atoms with Crippen LogP contribution in [0.25, 0.3) is 0 Å². The number of pyridine rings is 1. The van der Waals surface area contributed by atoms with Crippen LogP contribution >= 0.6 is 0 Å². The summed E-state index contributed by atoms with van der Waals surface area (Å²) < 4.78 is 36.7. The lowest BCUT2D eigenvalue weighted by Crippen LogP contribution is -2.03. The molecular formula is C7H5F3N2O. The quantitative estimate of drug-likeness (QED) is 0.568. The van der Waals surface area contributed by atoms with Gasteiger partial charge in [0.25, 0.3) is 6.43 Å². The van der Waals surface area contributed by atoms with Gasteiger partial charge in [-0.15, -0.1) is 0 Å². The summed E-state index contributed by atoms with van der Waals surface area (Å²) in [5, 5.41) is 0. The summed E-state index contributed by atoms with van der Waals surface area (Å²) in [4.78, 5) is 13.1. The van der Waals surface area contributed by atoms with E-state index in [1.807, 2.05) is 0 Å². The van der Waals surface area contributed by atoms with Crippen molar-refractivity contribution in [3.63, 3.8) is 0 Å². The number of aromatic nitrogens is 1. The van der Waals surface area contributed by atoms with E-state index in [2.05, 4.69) is 4.98 Å². The molecule has 2 N–H and O–H groups in total. The summed E-state index contributed by atoms with van der Waals surface area (Å²) >= 11 is 0. The molecule has 0 atom stereocenters. The number of hydrogen-bond acceptors (Lipinski definition) is 3. The molecule has 0 bridgehead atoms. The van der Waals surface area contributed by atoms with Crippen LogP contribution in [-0.4, -0.2) is 11.3 Å². The lowest BCUT2D eigenvalue weighted by atomic mass is 10.2. The van der Waals surface area contributed by atoms with Crippen LogP contribution < -0.4 is 5.73 Å². The van der Waals surface area contributed by atoms with E-state index in [9.17, 15) is 18.0 Å². The molecular weight excluding hydrogens is 185 g/mol. The average molecular weight is 190 g/mol. The highest BCUT2D eigenvalue weighted by molar-refractivity contribution is 5.82. The first kappa shape index (κ1) is 9.50. The minimum absolute atomic E-state index is 0.132. The summed E-state index contributed by atoms with van der Waals surface area (Å²) in [5.41, 5.74) is 3.52. The highest BCUT2D eigenvalue weighted by Gasteiger charge is 2.15. The van der Waals surface area contributed by atoms with Crippen molar-refractivity contribution in [2.75, 3.05) is 5.73 Å². The smallest absolute Gasteiger partial charge is 0.280 e. The number of hydrogen-bond donors (Lipinski definition) is 1. The Bertz CT molecular complexity index is 318. The number of rotatable bonds is 2. The van der Waals surface area contributed by atoms with Crippen LogP contribution in [0.3, 0.4) is 0 Å². The van der Waals surface area contributed by atoms with Crippen LogP contribution in [0, 0.1) is 5.95 Å². The van der Waals surface area contributed by atoms with Crippen molar-refractivity contribution in [1.29, 1.82) is 0 Å². The fourth-order valence-electron chi connectivity index (χ4n) is 0.790. The average Bonchev–Trinajstić information content (AvgIpc) is 2.03. The number of carbonyl (C=O) groups is 1. The van der Waals surface area contributed by atoms with E-state index in [0.29, 0.717) is 0 Å². The molecule has 0 aliphatic rings. The van der Waals surface area contributed by atoms with Gasteiger partial charge in [-0.3, -0.25) is 4.79 Å². The first-order valence-corrected chi connectivity index (χ1v) is 3.25. The molecule has 0 radical (unpaired) electrons. The van der Waals surface area contributed by atoms with E-state index in [0.717, 1.165) is 6.07 Å². The Hall–Kier alpha value is -1.59. The van der Waals surface area contributed by atoms with E-state index >= 15 is 0 Å². The Labute approximate surface area is 71.4 Å². The summed E-state index contributed by atoms with van der Waals surface area (Å²) in [6, 6.07) is 0.775. The molecule has 13 heavy (non-hydrogen) atoms. The SMILES string of the molecule is Nc1cc(C(F)F)nc(F)c1C=O. The number of alkyl halides is 2. The molecule has 0 amide bonds. The second kappa shape index (κ2) is 3.42. The molecule has 3 nitrogen and oxygen atoms in total. The molecule has 0 spiro atoms. The van der Waals surface area contributed by atoms with E-state index in [1.54, 1.807) is 0 Å². The topological polar surface area (TPSA) is 56.0 Å². The molecule has 1 heterocycles. The Kier molecular flexibility index (Phi) is 2.50. The third kappa shape index (κ3) is 1.77. The number of anilines is 1. The van der Waals surface area contributed by atoms with Crippen LogP contribution in [0.2, 0.25) is 0 Å². The van der Waals surface area contributed by atoms with E-state index in [1.165, 1.54) is 0 Å². The third-order valence-electron chi connectivity index (χ3n) is 1.41. The zero-order valence-corrected chi connectivity index (χ0v) is 6.30. The van der Waals surface area contributed by atoms with Crippen molar-refractivity contribution >= 4 is 12.0 Å². The van der Waals surface area contributed by atoms with Crippen LogP contribution in [0.4, 0.5) is 18.9 Å². The van der Waals surface area contributed by atoms with Gasteiger partial charge in [-0.2, -0.15) is 4.39 Å². The van der Waals surface area contributed by atoms with Crippen LogP contribution in [0.5, 0.6) is 0 Å². The summed E-state index contributed by atoms with van der Waals surface area (Å²) in [6.45, 7) is 0. The van der Waals surface area contributed by atoms with Gasteiger partial charge in [0.15, 0.2) is 6.29 Å². The number of carbonyl (C=O) groups excluding carboxylic acids is 1. The third-order valence-corrected chi connectivity index (χ3v) is 1.41. The summed E-state index contributed by atoms with van der Waals surface area (Å²) in [6.07, 6.45) is -2.77. The lowest BCUT2D eigenvalue weighted by Gasteiger charge is -2.03. The molecule has 70 valence electrons. The zero-order valence-electron chi connectivity index (χ0n) is 6.30. The van der Waals surface area contributed by atoms with Gasteiger partial charge in [0.1, 0.15) is 5.69 Å². The molecule has 0 saturated heterocycles. The fraction of sp³-hybridized carbons (Fsp3) is 0.143. The Balaban J connectivity index is 3.28. The number of nitrogens with zero attached hydrogens (tertiary/aromatic N) is 1. The predicted molar refractivity (Wildman–Crippen MR) is 39.0 cm³/mol. The largest absolute Gasteiger partial charge is 0.398 e. The highest BCUT2D eigenvalue weighted by atomic mass is 19.3. The second-order valence-electron chi connectivity index (χ2n) is 2.26. The van der Waals surface area contributed by atoms with E-state index < -0.39 is 23.6 Å². The van der Waals surface area contributed by atoms with Gasteiger partial charge in [-0.05, 0) is 6.07 Å². The molecule has 0 saturated carbocycles. The highest BCUT2D eigenvalue weighted by Crippen LogP contribution is 2.21. The molecule has 0 aliphatic carbocycles. The lowest BCUT2D eigenvalue weighted by molar-refractivity contribution is 0.111. The maximum atomic E-state index is 12.7. The van der Waals surface area contributed by atoms with Crippen LogP contribution in [0.1, 0.15) is 22.5 Å². The monoisotopic (exact) mass is 190 g/mol. The molecule has 0 fully saturated rings. The molecule has 1 rings (SSSR count). The summed E-state index contributed by atoms with van der Waals surface area (Å²) in [7, 11) is 0. The van der Waals surface area contributed by atoms with Gasteiger partial charge in [0, 0.05) is 5.69 Å². The molecule has 0 aliphatic heterocycles. The predicted octanol–water partition coefficient (Wildman–Crippen LogP) is 1.55. The van der Waals surface area contributed by atoms with Crippen molar-refractivity contribution in [3.05, 3.63) is 23.3 Å². The van der Waals surface area contributed by atoms with E-state index in [-0.39, 0.29) is 12.0 Å². The van der Waals surface area contributed by atoms with Gasteiger partial charge >= 0.3 is 0 Å². The van der Waals surface area contributed by atoms with Gasteiger partial charge in [-0.1, -0.05) is 0 Å². The fourth-order valence-corrected chi connectivity index (χ4v) is 0.790. The van der Waals surface area contributed by atoms with E-state index in [4.69, 9.17) is 5.73 Å². The molecule has 6 heteroatoms. The first-order valence-electron chi connectivity index (χ1n) is 3.25. The first-order chi connectivity index (χ1) is 6.06. The van der Waals surface area contributed by atoms with Crippen molar-refractivity contribution < 1.29 is 18.0 Å². The number of nitrogen functional groups attached to an aromatic ring is 1. The van der Waals surface area contributed by atoms with Crippen molar-refractivity contribution in [2.24, 2.45) is 0 Å². The molecule has 1 aromatic rings. The Morgan fingerprint density at radius 2 is 2.15 bits per heavy atom.